The summed E-state index contributed by atoms with van der Waals surface area (Å²) in [4.78, 5) is 0. The Morgan fingerprint density at radius 3 is 2.47 bits per heavy atom. The Labute approximate surface area is 105 Å². The maximum atomic E-state index is 8.77. The second kappa shape index (κ2) is 8.26. The number of benzene rings is 1. The van der Waals surface area contributed by atoms with Gasteiger partial charge in [0.05, 0.1) is 6.61 Å². The first-order valence-electron chi connectivity index (χ1n) is 6.74. The average molecular weight is 235 g/mol. The third kappa shape index (κ3) is 4.88. The number of hydrogen-bond acceptors (Lipinski definition) is 2. The lowest BCUT2D eigenvalue weighted by atomic mass is 9.98. The summed E-state index contributed by atoms with van der Waals surface area (Å²) in [6.07, 6.45) is 4.70. The lowest BCUT2D eigenvalue weighted by Gasteiger charge is -2.11. The fourth-order valence-electron chi connectivity index (χ4n) is 2.10. The lowest BCUT2D eigenvalue weighted by Crippen LogP contribution is -2.18. The fraction of sp³-hybridized carbons (Fsp3) is 0.600. The van der Waals surface area contributed by atoms with Crippen molar-refractivity contribution in [1.29, 1.82) is 0 Å². The largest absolute Gasteiger partial charge is 0.395 e. The molecule has 0 radical (unpaired) electrons. The van der Waals surface area contributed by atoms with Gasteiger partial charge in [-0.05, 0) is 29.5 Å². The highest BCUT2D eigenvalue weighted by Crippen LogP contribution is 2.15. The van der Waals surface area contributed by atoms with E-state index >= 15 is 0 Å². The van der Waals surface area contributed by atoms with E-state index in [4.69, 9.17) is 5.11 Å². The van der Waals surface area contributed by atoms with Crippen LogP contribution in [0.4, 0.5) is 0 Å². The molecule has 0 aliphatic carbocycles. The van der Waals surface area contributed by atoms with E-state index in [2.05, 4.69) is 37.4 Å². The molecule has 2 N–H and O–H groups in total. The van der Waals surface area contributed by atoms with Crippen molar-refractivity contribution in [1.82, 2.24) is 5.32 Å². The normalized spacial score (nSPS) is 10.8. The maximum Gasteiger partial charge on any atom is 0.0556 e. The van der Waals surface area contributed by atoms with E-state index in [9.17, 15) is 0 Å². The van der Waals surface area contributed by atoms with Crippen molar-refractivity contribution < 1.29 is 5.11 Å². The van der Waals surface area contributed by atoms with Crippen molar-refractivity contribution in [2.45, 2.75) is 46.1 Å². The molecular weight excluding hydrogens is 210 g/mol. The Hall–Kier alpha value is -0.860. The number of aliphatic hydroxyl groups is 1. The average Bonchev–Trinajstić information content (AvgIpc) is 2.33. The summed E-state index contributed by atoms with van der Waals surface area (Å²) in [7, 11) is 0. The van der Waals surface area contributed by atoms with E-state index in [1.165, 1.54) is 36.0 Å². The third-order valence-electron chi connectivity index (χ3n) is 2.93. The van der Waals surface area contributed by atoms with Crippen molar-refractivity contribution in [3.8, 4) is 0 Å². The van der Waals surface area contributed by atoms with Crippen LogP contribution in [0.25, 0.3) is 0 Å². The predicted octanol–water partition coefficient (Wildman–Crippen LogP) is 2.67. The highest BCUT2D eigenvalue weighted by Gasteiger charge is 2.03. The van der Waals surface area contributed by atoms with Crippen LogP contribution >= 0.6 is 0 Å². The van der Waals surface area contributed by atoms with Crippen LogP contribution in [-0.4, -0.2) is 18.3 Å². The first-order chi connectivity index (χ1) is 8.31. The van der Waals surface area contributed by atoms with Crippen LogP contribution in [0.15, 0.2) is 18.2 Å². The van der Waals surface area contributed by atoms with Gasteiger partial charge in [-0.25, -0.2) is 0 Å². The van der Waals surface area contributed by atoms with Gasteiger partial charge in [0.25, 0.3) is 0 Å². The molecule has 1 rings (SSSR count). The van der Waals surface area contributed by atoms with E-state index < -0.39 is 0 Å². The van der Waals surface area contributed by atoms with Gasteiger partial charge in [0, 0.05) is 13.1 Å². The highest BCUT2D eigenvalue weighted by atomic mass is 16.3. The standard InChI is InChI=1S/C15H25NO/c1-3-5-13-7-8-15(12-16-9-10-17)14(11-13)6-4-2/h7-8,11,16-17H,3-6,9-10,12H2,1-2H3. The summed E-state index contributed by atoms with van der Waals surface area (Å²) in [6.45, 7) is 6.18. The minimum Gasteiger partial charge on any atom is -0.395 e. The molecular formula is C15H25NO. The molecule has 96 valence electrons. The maximum absolute atomic E-state index is 8.77. The van der Waals surface area contributed by atoms with Crippen LogP contribution < -0.4 is 5.32 Å². The van der Waals surface area contributed by atoms with Gasteiger partial charge in [-0.2, -0.15) is 0 Å². The summed E-state index contributed by atoms with van der Waals surface area (Å²) in [5.74, 6) is 0. The Balaban J connectivity index is 2.72. The molecule has 0 amide bonds. The van der Waals surface area contributed by atoms with Crippen molar-refractivity contribution >= 4 is 0 Å². The molecule has 0 saturated carbocycles. The van der Waals surface area contributed by atoms with E-state index in [-0.39, 0.29) is 6.61 Å². The zero-order valence-electron chi connectivity index (χ0n) is 11.1. The summed E-state index contributed by atoms with van der Waals surface area (Å²) >= 11 is 0. The first-order valence-corrected chi connectivity index (χ1v) is 6.74. The Kier molecular flexibility index (Phi) is 6.90. The number of hydrogen-bond donors (Lipinski definition) is 2. The minimum absolute atomic E-state index is 0.205. The smallest absolute Gasteiger partial charge is 0.0556 e. The van der Waals surface area contributed by atoms with Gasteiger partial charge in [0.2, 0.25) is 0 Å². The SMILES string of the molecule is CCCc1ccc(CNCCO)c(CCC)c1. The molecule has 0 aliphatic heterocycles. The van der Waals surface area contributed by atoms with E-state index in [0.717, 1.165) is 13.0 Å². The molecule has 1 aromatic rings. The number of rotatable bonds is 8. The molecule has 0 saturated heterocycles. The van der Waals surface area contributed by atoms with Crippen LogP contribution in [0.1, 0.15) is 43.4 Å². The molecule has 1 aromatic carbocycles. The summed E-state index contributed by atoms with van der Waals surface area (Å²) < 4.78 is 0. The quantitative estimate of drug-likeness (QED) is 0.679. The van der Waals surface area contributed by atoms with E-state index in [1.807, 2.05) is 0 Å². The molecule has 0 atom stereocenters. The van der Waals surface area contributed by atoms with E-state index in [0.29, 0.717) is 6.54 Å². The number of aliphatic hydroxyl groups excluding tert-OH is 1. The zero-order chi connectivity index (χ0) is 12.5. The van der Waals surface area contributed by atoms with E-state index in [1.54, 1.807) is 0 Å². The van der Waals surface area contributed by atoms with Gasteiger partial charge in [-0.15, -0.1) is 0 Å². The topological polar surface area (TPSA) is 32.3 Å². The van der Waals surface area contributed by atoms with Crippen molar-refractivity contribution in [2.75, 3.05) is 13.2 Å². The Morgan fingerprint density at radius 2 is 1.82 bits per heavy atom. The molecule has 0 heterocycles. The van der Waals surface area contributed by atoms with Crippen molar-refractivity contribution in [3.63, 3.8) is 0 Å². The molecule has 0 unspecified atom stereocenters. The van der Waals surface area contributed by atoms with Crippen LogP contribution in [0.2, 0.25) is 0 Å². The predicted molar refractivity (Wildman–Crippen MR) is 73.2 cm³/mol. The number of aryl methyl sites for hydroxylation is 2. The molecule has 2 heteroatoms. The van der Waals surface area contributed by atoms with Gasteiger partial charge in [0.1, 0.15) is 0 Å². The second-order valence-electron chi connectivity index (χ2n) is 4.50. The minimum atomic E-state index is 0.205. The molecule has 2 nitrogen and oxygen atoms in total. The summed E-state index contributed by atoms with van der Waals surface area (Å²) in [5.41, 5.74) is 4.28. The van der Waals surface area contributed by atoms with Crippen LogP contribution in [-0.2, 0) is 19.4 Å². The Bertz CT molecular complexity index is 323. The fourth-order valence-corrected chi connectivity index (χ4v) is 2.10. The van der Waals surface area contributed by atoms with Crippen LogP contribution in [0.5, 0.6) is 0 Å². The molecule has 17 heavy (non-hydrogen) atoms. The van der Waals surface area contributed by atoms with Crippen LogP contribution in [0, 0.1) is 0 Å². The monoisotopic (exact) mass is 235 g/mol. The molecule has 0 bridgehead atoms. The molecule has 0 aliphatic rings. The molecule has 0 aromatic heterocycles. The summed E-state index contributed by atoms with van der Waals surface area (Å²) in [5, 5.41) is 12.0. The lowest BCUT2D eigenvalue weighted by molar-refractivity contribution is 0.292. The first kappa shape index (κ1) is 14.2. The van der Waals surface area contributed by atoms with Gasteiger partial charge < -0.3 is 10.4 Å². The highest BCUT2D eigenvalue weighted by molar-refractivity contribution is 5.32. The van der Waals surface area contributed by atoms with Crippen molar-refractivity contribution in [2.24, 2.45) is 0 Å². The Morgan fingerprint density at radius 1 is 1.06 bits per heavy atom. The molecule has 0 spiro atoms. The third-order valence-corrected chi connectivity index (χ3v) is 2.93. The van der Waals surface area contributed by atoms with Gasteiger partial charge in [0.15, 0.2) is 0 Å². The van der Waals surface area contributed by atoms with Gasteiger partial charge >= 0.3 is 0 Å². The van der Waals surface area contributed by atoms with Crippen molar-refractivity contribution in [3.05, 3.63) is 34.9 Å². The number of nitrogens with one attached hydrogen (secondary N) is 1. The van der Waals surface area contributed by atoms with Crippen LogP contribution in [0.3, 0.4) is 0 Å². The zero-order valence-corrected chi connectivity index (χ0v) is 11.1. The summed E-state index contributed by atoms with van der Waals surface area (Å²) in [6, 6.07) is 6.82. The van der Waals surface area contributed by atoms with Gasteiger partial charge in [-0.1, -0.05) is 44.9 Å². The molecule has 0 fully saturated rings. The second-order valence-corrected chi connectivity index (χ2v) is 4.50. The van der Waals surface area contributed by atoms with Gasteiger partial charge in [-0.3, -0.25) is 0 Å².